The topological polar surface area (TPSA) is 64.3 Å². The maximum Gasteiger partial charge on any atom is 0.225 e. The third kappa shape index (κ3) is 3.37. The predicted molar refractivity (Wildman–Crippen MR) is 91.1 cm³/mol. The number of nitrogens with one attached hydrogen (secondary N) is 1. The summed E-state index contributed by atoms with van der Waals surface area (Å²) < 4.78 is 5.73. The number of fused-ring (bicyclic) bond motifs is 2. The molecule has 5 atom stereocenters. The van der Waals surface area contributed by atoms with Crippen LogP contribution in [-0.4, -0.2) is 18.1 Å². The van der Waals surface area contributed by atoms with Crippen molar-refractivity contribution in [2.24, 2.45) is 23.5 Å². The van der Waals surface area contributed by atoms with Crippen molar-refractivity contribution in [1.29, 1.82) is 0 Å². The van der Waals surface area contributed by atoms with E-state index < -0.39 is 0 Å². The number of carbonyl (C=O) groups is 1. The molecular weight excluding hydrogens is 288 g/mol. The van der Waals surface area contributed by atoms with Crippen molar-refractivity contribution >= 4 is 5.91 Å². The zero-order valence-electron chi connectivity index (χ0n) is 14.3. The van der Waals surface area contributed by atoms with E-state index in [9.17, 15) is 4.79 Å². The summed E-state index contributed by atoms with van der Waals surface area (Å²) in [7, 11) is 0. The SMILES string of the molecule is CC(C)Oc1cccc(C(C)NC(=O)C2C3CCC(C3)C2N)c1. The summed E-state index contributed by atoms with van der Waals surface area (Å²) in [6.45, 7) is 6.04. The van der Waals surface area contributed by atoms with E-state index >= 15 is 0 Å². The van der Waals surface area contributed by atoms with E-state index in [2.05, 4.69) is 5.32 Å². The summed E-state index contributed by atoms with van der Waals surface area (Å²) in [5.41, 5.74) is 7.34. The van der Waals surface area contributed by atoms with Gasteiger partial charge in [-0.2, -0.15) is 0 Å². The van der Waals surface area contributed by atoms with Gasteiger partial charge in [0, 0.05) is 6.04 Å². The third-order valence-corrected chi connectivity index (χ3v) is 5.37. The Kier molecular flexibility index (Phi) is 4.62. The number of amides is 1. The molecule has 2 aliphatic rings. The largest absolute Gasteiger partial charge is 0.491 e. The van der Waals surface area contributed by atoms with Gasteiger partial charge < -0.3 is 15.8 Å². The van der Waals surface area contributed by atoms with Crippen LogP contribution in [0, 0.1) is 17.8 Å². The maximum atomic E-state index is 12.7. The fraction of sp³-hybridized carbons (Fsp3) is 0.632. The Labute approximate surface area is 138 Å². The van der Waals surface area contributed by atoms with Crippen molar-refractivity contribution in [2.45, 2.75) is 58.2 Å². The number of nitrogens with two attached hydrogens (primary N) is 1. The first kappa shape index (κ1) is 16.3. The number of benzene rings is 1. The van der Waals surface area contributed by atoms with E-state index in [1.807, 2.05) is 45.0 Å². The molecular formula is C19H28N2O2. The Morgan fingerprint density at radius 2 is 2.00 bits per heavy atom. The van der Waals surface area contributed by atoms with Gasteiger partial charge in [0.05, 0.1) is 18.1 Å². The molecule has 1 aromatic rings. The normalized spacial score (nSPS) is 30.5. The molecule has 126 valence electrons. The van der Waals surface area contributed by atoms with Crippen molar-refractivity contribution in [3.05, 3.63) is 29.8 Å². The van der Waals surface area contributed by atoms with Gasteiger partial charge in [0.1, 0.15) is 5.75 Å². The minimum Gasteiger partial charge on any atom is -0.491 e. The zero-order valence-corrected chi connectivity index (χ0v) is 14.3. The van der Waals surface area contributed by atoms with Crippen LogP contribution in [0.3, 0.4) is 0 Å². The van der Waals surface area contributed by atoms with Crippen LogP contribution < -0.4 is 15.8 Å². The van der Waals surface area contributed by atoms with E-state index in [4.69, 9.17) is 10.5 Å². The molecule has 23 heavy (non-hydrogen) atoms. The zero-order chi connectivity index (χ0) is 16.6. The predicted octanol–water partition coefficient (Wildman–Crippen LogP) is 3.02. The van der Waals surface area contributed by atoms with E-state index in [1.165, 1.54) is 6.42 Å². The van der Waals surface area contributed by atoms with E-state index in [1.54, 1.807) is 0 Å². The van der Waals surface area contributed by atoms with Crippen molar-refractivity contribution < 1.29 is 9.53 Å². The Morgan fingerprint density at radius 3 is 2.65 bits per heavy atom. The molecule has 4 nitrogen and oxygen atoms in total. The second-order valence-corrected chi connectivity index (χ2v) is 7.41. The fourth-order valence-corrected chi connectivity index (χ4v) is 4.25. The molecule has 2 saturated carbocycles. The van der Waals surface area contributed by atoms with Gasteiger partial charge in [0.15, 0.2) is 0 Å². The lowest BCUT2D eigenvalue weighted by Gasteiger charge is -2.28. The highest BCUT2D eigenvalue weighted by molar-refractivity contribution is 5.80. The molecule has 0 heterocycles. The summed E-state index contributed by atoms with van der Waals surface area (Å²) in [6.07, 6.45) is 3.62. The van der Waals surface area contributed by atoms with Crippen LogP contribution >= 0.6 is 0 Å². The molecule has 0 aliphatic heterocycles. The standard InChI is InChI=1S/C19H28N2O2/c1-11(2)23-16-6-4-5-13(10-16)12(3)21-19(22)17-14-7-8-15(9-14)18(17)20/h4-6,10-12,14-15,17-18H,7-9,20H2,1-3H3,(H,21,22). The lowest BCUT2D eigenvalue weighted by atomic mass is 9.84. The summed E-state index contributed by atoms with van der Waals surface area (Å²) in [5, 5.41) is 3.16. The molecule has 1 amide bonds. The van der Waals surface area contributed by atoms with Gasteiger partial charge >= 0.3 is 0 Å². The minimum absolute atomic E-state index is 0.00806. The first-order valence-corrected chi connectivity index (χ1v) is 8.78. The molecule has 0 radical (unpaired) electrons. The highest BCUT2D eigenvalue weighted by atomic mass is 16.5. The quantitative estimate of drug-likeness (QED) is 0.877. The highest BCUT2D eigenvalue weighted by Crippen LogP contribution is 2.47. The minimum atomic E-state index is -0.0375. The molecule has 2 aliphatic carbocycles. The molecule has 2 fully saturated rings. The van der Waals surface area contributed by atoms with Crippen molar-refractivity contribution in [1.82, 2.24) is 5.32 Å². The van der Waals surface area contributed by atoms with Gasteiger partial charge in [-0.1, -0.05) is 12.1 Å². The first-order chi connectivity index (χ1) is 11.0. The molecule has 0 saturated heterocycles. The van der Waals surface area contributed by atoms with Crippen LogP contribution in [0.5, 0.6) is 5.75 Å². The summed E-state index contributed by atoms with van der Waals surface area (Å²) >= 11 is 0. The Hall–Kier alpha value is -1.55. The average molecular weight is 316 g/mol. The smallest absolute Gasteiger partial charge is 0.225 e. The molecule has 5 unspecified atom stereocenters. The number of rotatable bonds is 5. The Bertz CT molecular complexity index is 570. The van der Waals surface area contributed by atoms with Gasteiger partial charge in [-0.05, 0) is 69.6 Å². The van der Waals surface area contributed by atoms with Crippen LogP contribution in [0.25, 0.3) is 0 Å². The van der Waals surface area contributed by atoms with Crippen LogP contribution in [0.1, 0.15) is 51.6 Å². The molecule has 0 aromatic heterocycles. The van der Waals surface area contributed by atoms with Crippen LogP contribution in [0.15, 0.2) is 24.3 Å². The van der Waals surface area contributed by atoms with E-state index in [0.717, 1.165) is 24.2 Å². The maximum absolute atomic E-state index is 12.7. The number of carbonyl (C=O) groups excluding carboxylic acids is 1. The molecule has 4 heteroatoms. The lowest BCUT2D eigenvalue weighted by Crippen LogP contribution is -2.45. The Balaban J connectivity index is 1.65. The van der Waals surface area contributed by atoms with Crippen molar-refractivity contribution in [3.8, 4) is 5.75 Å². The molecule has 3 rings (SSSR count). The van der Waals surface area contributed by atoms with Crippen molar-refractivity contribution in [2.75, 3.05) is 0 Å². The third-order valence-electron chi connectivity index (χ3n) is 5.37. The summed E-state index contributed by atoms with van der Waals surface area (Å²) in [5.74, 6) is 1.99. The van der Waals surface area contributed by atoms with Gasteiger partial charge in [-0.15, -0.1) is 0 Å². The second-order valence-electron chi connectivity index (χ2n) is 7.41. The van der Waals surface area contributed by atoms with Gasteiger partial charge in [-0.25, -0.2) is 0 Å². The molecule has 3 N–H and O–H groups in total. The summed E-state index contributed by atoms with van der Waals surface area (Å²) in [6, 6.07) is 7.95. The number of ether oxygens (including phenoxy) is 1. The molecule has 2 bridgehead atoms. The van der Waals surface area contributed by atoms with Gasteiger partial charge in [0.2, 0.25) is 5.91 Å². The monoisotopic (exact) mass is 316 g/mol. The second kappa shape index (κ2) is 6.52. The van der Waals surface area contributed by atoms with E-state index in [0.29, 0.717) is 11.8 Å². The van der Waals surface area contributed by atoms with Crippen LogP contribution in [0.4, 0.5) is 0 Å². The van der Waals surface area contributed by atoms with E-state index in [-0.39, 0.29) is 30.0 Å². The van der Waals surface area contributed by atoms with Crippen LogP contribution in [-0.2, 0) is 4.79 Å². The molecule has 0 spiro atoms. The Morgan fingerprint density at radius 1 is 1.26 bits per heavy atom. The average Bonchev–Trinajstić information content (AvgIpc) is 3.07. The lowest BCUT2D eigenvalue weighted by molar-refractivity contribution is -0.127. The van der Waals surface area contributed by atoms with Crippen LogP contribution in [0.2, 0.25) is 0 Å². The highest BCUT2D eigenvalue weighted by Gasteiger charge is 2.49. The van der Waals surface area contributed by atoms with Crippen molar-refractivity contribution in [3.63, 3.8) is 0 Å². The number of hydrogen-bond acceptors (Lipinski definition) is 3. The summed E-state index contributed by atoms with van der Waals surface area (Å²) in [4.78, 5) is 12.7. The number of hydrogen-bond donors (Lipinski definition) is 2. The van der Waals surface area contributed by atoms with Gasteiger partial charge in [-0.3, -0.25) is 4.79 Å². The molecule has 1 aromatic carbocycles. The van der Waals surface area contributed by atoms with Gasteiger partial charge in [0.25, 0.3) is 0 Å². The fourth-order valence-electron chi connectivity index (χ4n) is 4.25. The first-order valence-electron chi connectivity index (χ1n) is 8.78.